The maximum atomic E-state index is 13.0. The van der Waals surface area contributed by atoms with Gasteiger partial charge in [-0.3, -0.25) is 9.11 Å². The quantitative estimate of drug-likeness (QED) is 0.273. The van der Waals surface area contributed by atoms with Gasteiger partial charge < -0.3 is 9.47 Å². The lowest BCUT2D eigenvalue weighted by Gasteiger charge is -2.13. The van der Waals surface area contributed by atoms with Gasteiger partial charge in [-0.25, -0.2) is 8.42 Å². The van der Waals surface area contributed by atoms with Crippen molar-refractivity contribution < 1.29 is 43.8 Å². The third-order valence-corrected chi connectivity index (χ3v) is 9.21. The average molecular weight is 591 g/mol. The summed E-state index contributed by atoms with van der Waals surface area (Å²) in [7, 11) is -12.3. The second-order valence-electron chi connectivity index (χ2n) is 8.37. The summed E-state index contributed by atoms with van der Waals surface area (Å²) in [5.74, 6) is -0.209. The van der Waals surface area contributed by atoms with Gasteiger partial charge in [0.25, 0.3) is 20.2 Å². The molecule has 4 aromatic carbocycles. The van der Waals surface area contributed by atoms with Gasteiger partial charge in [-0.05, 0) is 72.6 Å². The van der Waals surface area contributed by atoms with Crippen LogP contribution in [-0.4, -0.2) is 41.5 Å². The average Bonchev–Trinajstić information content (AvgIpc) is 2.88. The molecule has 0 fully saturated rings. The summed E-state index contributed by atoms with van der Waals surface area (Å²) in [5, 5.41) is 0. The third-order valence-electron chi connectivity index (χ3n) is 5.69. The Labute approximate surface area is 225 Å². The smallest absolute Gasteiger partial charge is 0.298 e. The summed E-state index contributed by atoms with van der Waals surface area (Å²) in [6.45, 7) is 1.79. The predicted octanol–water partition coefficient (Wildman–Crippen LogP) is 4.79. The highest BCUT2D eigenvalue weighted by Crippen LogP contribution is 2.35. The maximum absolute atomic E-state index is 13.0. The van der Waals surface area contributed by atoms with Crippen LogP contribution < -0.4 is 9.47 Å². The molecule has 39 heavy (non-hydrogen) atoms. The number of ether oxygens (including phenoxy) is 2. The van der Waals surface area contributed by atoms with Crippen LogP contribution >= 0.6 is 0 Å². The van der Waals surface area contributed by atoms with E-state index >= 15 is 0 Å². The number of sulfone groups is 1. The molecule has 4 rings (SSSR count). The number of hydrogen-bond acceptors (Lipinski definition) is 8. The number of methoxy groups -OCH3 is 1. The molecule has 0 aromatic heterocycles. The molecule has 4 aromatic rings. The van der Waals surface area contributed by atoms with E-state index in [-0.39, 0.29) is 27.0 Å². The molecule has 0 spiro atoms. The zero-order valence-electron chi connectivity index (χ0n) is 20.5. The van der Waals surface area contributed by atoms with E-state index in [0.717, 1.165) is 17.7 Å². The molecular weight excluding hydrogens is 568 g/mol. The lowest BCUT2D eigenvalue weighted by Crippen LogP contribution is -2.06. The molecule has 0 unspecified atom stereocenters. The standard InChI is InChI=1S/C26H22O10S3/c1-17-3-10-21(11-4-17)37(27,28)22-12-14-24(26(16-22)39(32,33)34)36-20-8-5-18(6-9-20)19-7-13-23(35-2)25(15-19)38(29,30)31/h3-16H,1-2H3,(H,29,30,31)(H,32,33,34). The largest absolute Gasteiger partial charge is 0.495 e. The second kappa shape index (κ2) is 10.4. The van der Waals surface area contributed by atoms with Gasteiger partial charge in [-0.2, -0.15) is 16.8 Å². The van der Waals surface area contributed by atoms with Gasteiger partial charge in [-0.1, -0.05) is 35.9 Å². The van der Waals surface area contributed by atoms with Crippen LogP contribution in [0.3, 0.4) is 0 Å². The van der Waals surface area contributed by atoms with Gasteiger partial charge >= 0.3 is 0 Å². The van der Waals surface area contributed by atoms with Crippen molar-refractivity contribution >= 4 is 30.1 Å². The van der Waals surface area contributed by atoms with Crippen LogP contribution in [0.15, 0.2) is 105 Å². The molecule has 0 aliphatic carbocycles. The molecule has 0 saturated carbocycles. The van der Waals surface area contributed by atoms with Crippen LogP contribution in [0.5, 0.6) is 17.2 Å². The van der Waals surface area contributed by atoms with E-state index in [1.165, 1.54) is 49.6 Å². The minimum atomic E-state index is -4.88. The lowest BCUT2D eigenvalue weighted by atomic mass is 10.1. The van der Waals surface area contributed by atoms with Crippen LogP contribution in [0, 0.1) is 6.92 Å². The van der Waals surface area contributed by atoms with E-state index in [0.29, 0.717) is 11.1 Å². The molecule has 0 aliphatic rings. The number of benzene rings is 4. The van der Waals surface area contributed by atoms with Gasteiger partial charge in [0.05, 0.1) is 16.9 Å². The zero-order chi connectivity index (χ0) is 28.6. The summed E-state index contributed by atoms with van der Waals surface area (Å²) in [6.07, 6.45) is 0. The molecular formula is C26H22O10S3. The van der Waals surface area contributed by atoms with E-state index in [1.807, 2.05) is 0 Å². The first-order chi connectivity index (χ1) is 18.2. The van der Waals surface area contributed by atoms with Gasteiger partial charge in [0.15, 0.2) is 0 Å². The fourth-order valence-corrected chi connectivity index (χ4v) is 6.38. The van der Waals surface area contributed by atoms with Crippen molar-refractivity contribution in [3.63, 3.8) is 0 Å². The van der Waals surface area contributed by atoms with Crippen molar-refractivity contribution in [3.8, 4) is 28.4 Å². The van der Waals surface area contributed by atoms with E-state index in [4.69, 9.17) is 9.47 Å². The Morgan fingerprint density at radius 2 is 1.10 bits per heavy atom. The lowest BCUT2D eigenvalue weighted by molar-refractivity contribution is 0.397. The minimum absolute atomic E-state index is 0.0354. The molecule has 0 amide bonds. The Balaban J connectivity index is 1.67. The van der Waals surface area contributed by atoms with Crippen LogP contribution in [0.25, 0.3) is 11.1 Å². The van der Waals surface area contributed by atoms with Gasteiger partial charge in [0.1, 0.15) is 27.0 Å². The summed E-state index contributed by atoms with van der Waals surface area (Å²) >= 11 is 0. The topological polar surface area (TPSA) is 161 Å². The summed E-state index contributed by atoms with van der Waals surface area (Å²) in [5.41, 5.74) is 1.80. The van der Waals surface area contributed by atoms with Crippen molar-refractivity contribution in [2.75, 3.05) is 7.11 Å². The molecule has 0 heterocycles. The third kappa shape index (κ3) is 6.13. The molecule has 204 valence electrons. The van der Waals surface area contributed by atoms with Gasteiger partial charge in [0.2, 0.25) is 9.84 Å². The Bertz CT molecular complexity index is 1860. The first kappa shape index (κ1) is 28.3. The second-order valence-corrected chi connectivity index (χ2v) is 13.1. The fourth-order valence-electron chi connectivity index (χ4n) is 3.70. The molecule has 0 saturated heterocycles. The Kier molecular flexibility index (Phi) is 7.56. The van der Waals surface area contributed by atoms with Crippen molar-refractivity contribution in [2.45, 2.75) is 26.5 Å². The monoisotopic (exact) mass is 590 g/mol. The summed E-state index contributed by atoms with van der Waals surface area (Å²) in [4.78, 5) is -1.56. The van der Waals surface area contributed by atoms with Gasteiger partial charge in [-0.15, -0.1) is 0 Å². The molecule has 2 N–H and O–H groups in total. The number of aryl methyl sites for hydroxylation is 1. The van der Waals surface area contributed by atoms with E-state index in [2.05, 4.69) is 0 Å². The minimum Gasteiger partial charge on any atom is -0.495 e. The molecule has 0 aliphatic heterocycles. The van der Waals surface area contributed by atoms with Crippen LogP contribution in [0.2, 0.25) is 0 Å². The highest BCUT2D eigenvalue weighted by atomic mass is 32.2. The van der Waals surface area contributed by atoms with Crippen molar-refractivity contribution in [3.05, 3.63) is 90.5 Å². The number of rotatable bonds is 8. The molecule has 0 atom stereocenters. The Morgan fingerprint density at radius 1 is 0.590 bits per heavy atom. The molecule has 10 nitrogen and oxygen atoms in total. The van der Waals surface area contributed by atoms with Gasteiger partial charge in [0, 0.05) is 0 Å². The first-order valence-electron chi connectivity index (χ1n) is 11.1. The highest BCUT2D eigenvalue weighted by molar-refractivity contribution is 7.91. The van der Waals surface area contributed by atoms with E-state index in [9.17, 15) is 34.4 Å². The summed E-state index contributed by atoms with van der Waals surface area (Å²) in [6, 6.07) is 19.3. The van der Waals surface area contributed by atoms with Crippen molar-refractivity contribution in [1.82, 2.24) is 0 Å². The van der Waals surface area contributed by atoms with E-state index in [1.54, 1.807) is 37.3 Å². The molecule has 0 bridgehead atoms. The van der Waals surface area contributed by atoms with Crippen molar-refractivity contribution in [2.24, 2.45) is 0 Å². The zero-order valence-corrected chi connectivity index (χ0v) is 22.9. The fraction of sp³-hybridized carbons (Fsp3) is 0.0769. The first-order valence-corrected chi connectivity index (χ1v) is 15.4. The molecule has 0 radical (unpaired) electrons. The van der Waals surface area contributed by atoms with Crippen LogP contribution in [-0.2, 0) is 30.1 Å². The highest BCUT2D eigenvalue weighted by Gasteiger charge is 2.24. The van der Waals surface area contributed by atoms with Crippen LogP contribution in [0.4, 0.5) is 0 Å². The van der Waals surface area contributed by atoms with Crippen molar-refractivity contribution in [1.29, 1.82) is 0 Å². The predicted molar refractivity (Wildman–Crippen MR) is 141 cm³/mol. The Hall–Kier alpha value is -3.75. The number of hydrogen-bond donors (Lipinski definition) is 2. The van der Waals surface area contributed by atoms with Crippen LogP contribution in [0.1, 0.15) is 5.56 Å². The normalized spacial score (nSPS) is 12.2. The maximum Gasteiger partial charge on any atom is 0.298 e. The molecule has 13 heteroatoms. The SMILES string of the molecule is COc1ccc(-c2ccc(Oc3ccc(S(=O)(=O)c4ccc(C)cc4)cc3S(=O)(=O)O)cc2)cc1S(=O)(=O)O. The Morgan fingerprint density at radius 3 is 1.67 bits per heavy atom. The summed E-state index contributed by atoms with van der Waals surface area (Å²) < 4.78 is 104. The van der Waals surface area contributed by atoms with E-state index < -0.39 is 39.9 Å².